The van der Waals surface area contributed by atoms with Gasteiger partial charge in [-0.05, 0) is 85.9 Å². The van der Waals surface area contributed by atoms with E-state index < -0.39 is 75.8 Å². The second-order valence-electron chi connectivity index (χ2n) is 19.8. The molecule has 1 aromatic carbocycles. The van der Waals surface area contributed by atoms with E-state index in [9.17, 15) is 14.7 Å². The van der Waals surface area contributed by atoms with Crippen LogP contribution in [0, 0.1) is 28.6 Å². The fraction of sp³-hybridized carbons (Fsp3) is 0.646. The normalized spacial score (nSPS) is 38.6. The van der Waals surface area contributed by atoms with Gasteiger partial charge in [0.2, 0.25) is 11.5 Å². The molecule has 14 heteroatoms. The zero-order valence-electron chi connectivity index (χ0n) is 37.4. The summed E-state index contributed by atoms with van der Waals surface area (Å²) in [6.07, 6.45) is 7.59. The predicted octanol–water partition coefficient (Wildman–Crippen LogP) is 5.84. The first-order valence-corrected chi connectivity index (χ1v) is 22.3. The summed E-state index contributed by atoms with van der Waals surface area (Å²) in [6.45, 7) is 10.9. The molecule has 2 aliphatic carbocycles. The SMILES string of the molecule is CC[C@]12C=CCN3CC[C@@]4(C5=CC([C@@]6(C(=O)OC)C[C@H]7CC(C(C)(F)F)CN(Cc8c6[nH]c6ccc(C(C)C)cc86)C7)C(OC)C=C5N(C)[C@H]4[C@@](O)(C(=O)OC)[C@@H]1OC(C)=O)[C@@H]32. The van der Waals surface area contributed by atoms with E-state index in [0.29, 0.717) is 44.7 Å². The van der Waals surface area contributed by atoms with Crippen molar-refractivity contribution in [3.05, 3.63) is 70.6 Å². The molecule has 12 nitrogen and oxygen atoms in total. The lowest BCUT2D eigenvalue weighted by Crippen LogP contribution is -2.79. The molecule has 4 unspecified atom stereocenters. The van der Waals surface area contributed by atoms with Crippen molar-refractivity contribution in [2.45, 2.75) is 114 Å². The Morgan fingerprint density at radius 1 is 1.06 bits per heavy atom. The van der Waals surface area contributed by atoms with E-state index in [2.05, 4.69) is 46.8 Å². The Hall–Kier alpha value is -4.11. The van der Waals surface area contributed by atoms with Crippen LogP contribution >= 0.6 is 0 Å². The van der Waals surface area contributed by atoms with Crippen molar-refractivity contribution in [2.24, 2.45) is 28.6 Å². The second-order valence-corrected chi connectivity index (χ2v) is 19.8. The number of ether oxygens (including phenoxy) is 4. The number of H-pyrrole nitrogens is 1. The number of allylic oxidation sites excluding steroid dienone is 1. The van der Waals surface area contributed by atoms with E-state index in [1.807, 2.05) is 43.2 Å². The number of methoxy groups -OCH3 is 3. The summed E-state index contributed by atoms with van der Waals surface area (Å²) in [5, 5.41) is 14.3. The highest BCUT2D eigenvalue weighted by Gasteiger charge is 2.81. The largest absolute Gasteiger partial charge is 0.468 e. The average molecular weight is 861 g/mol. The van der Waals surface area contributed by atoms with Gasteiger partial charge in [0.1, 0.15) is 5.41 Å². The maximum absolute atomic E-state index is 15.5. The van der Waals surface area contributed by atoms with Gasteiger partial charge in [-0.25, -0.2) is 13.6 Å². The van der Waals surface area contributed by atoms with E-state index in [1.165, 1.54) is 21.1 Å². The smallest absolute Gasteiger partial charge is 0.344 e. The summed E-state index contributed by atoms with van der Waals surface area (Å²) in [6, 6.07) is 5.01. The number of rotatable bonds is 8. The third kappa shape index (κ3) is 5.70. The molecule has 336 valence electrons. The Labute approximate surface area is 362 Å². The number of aromatic amines is 1. The Kier molecular flexibility index (Phi) is 10.2. The van der Waals surface area contributed by atoms with Gasteiger partial charge in [0, 0.05) is 98.3 Å². The van der Waals surface area contributed by atoms with Crippen LogP contribution in [-0.4, -0.2) is 133 Å². The number of alkyl halides is 2. The minimum absolute atomic E-state index is 0.209. The van der Waals surface area contributed by atoms with Crippen LogP contribution in [0.4, 0.5) is 8.78 Å². The quantitative estimate of drug-likeness (QED) is 0.188. The fourth-order valence-electron chi connectivity index (χ4n) is 14.1. The molecule has 0 radical (unpaired) electrons. The molecular formula is C48H62F2N4O8. The third-order valence-electron chi connectivity index (χ3n) is 16.5. The molecule has 2 N–H and O–H groups in total. The van der Waals surface area contributed by atoms with Gasteiger partial charge in [-0.15, -0.1) is 0 Å². The monoisotopic (exact) mass is 860 g/mol. The number of halogens is 2. The van der Waals surface area contributed by atoms with Gasteiger partial charge in [0.05, 0.1) is 26.4 Å². The van der Waals surface area contributed by atoms with E-state index in [0.717, 1.165) is 40.2 Å². The zero-order chi connectivity index (χ0) is 44.5. The van der Waals surface area contributed by atoms with Crippen LogP contribution in [0.1, 0.15) is 83.0 Å². The summed E-state index contributed by atoms with van der Waals surface area (Å²) >= 11 is 0. The van der Waals surface area contributed by atoms with Crippen LogP contribution in [0.15, 0.2) is 53.8 Å². The molecular weight excluding hydrogens is 799 g/mol. The van der Waals surface area contributed by atoms with Crippen molar-refractivity contribution in [3.8, 4) is 0 Å². The lowest BCUT2D eigenvalue weighted by Gasteiger charge is -2.63. The summed E-state index contributed by atoms with van der Waals surface area (Å²) in [5.41, 5.74) is -0.605. The number of likely N-dealkylation sites (N-methyl/N-ethyl adjacent to an activating group) is 1. The van der Waals surface area contributed by atoms with Crippen LogP contribution in [0.3, 0.4) is 0 Å². The molecule has 2 bridgehead atoms. The summed E-state index contributed by atoms with van der Waals surface area (Å²) in [4.78, 5) is 53.0. The molecule has 4 fully saturated rings. The van der Waals surface area contributed by atoms with Crippen LogP contribution in [-0.2, 0) is 45.3 Å². The van der Waals surface area contributed by atoms with Gasteiger partial charge in [0.25, 0.3) is 0 Å². The van der Waals surface area contributed by atoms with Gasteiger partial charge < -0.3 is 33.9 Å². The molecule has 3 saturated heterocycles. The third-order valence-corrected chi connectivity index (χ3v) is 16.5. The topological polar surface area (TPSA) is 134 Å². The Balaban J connectivity index is 1.33. The molecule has 7 aliphatic rings. The molecule has 1 aromatic heterocycles. The summed E-state index contributed by atoms with van der Waals surface area (Å²) in [7, 11) is 6.08. The van der Waals surface area contributed by atoms with Crippen LogP contribution < -0.4 is 0 Å². The second kappa shape index (κ2) is 14.7. The Morgan fingerprint density at radius 3 is 2.45 bits per heavy atom. The van der Waals surface area contributed by atoms with Crippen LogP contribution in [0.2, 0.25) is 0 Å². The number of carbonyl (C=O) groups is 3. The summed E-state index contributed by atoms with van der Waals surface area (Å²) in [5.74, 6) is -6.68. The van der Waals surface area contributed by atoms with Gasteiger partial charge >= 0.3 is 17.9 Å². The number of hydrogen-bond donors (Lipinski definition) is 2. The number of aliphatic hydroxyl groups is 1. The molecule has 1 spiro atoms. The van der Waals surface area contributed by atoms with Crippen molar-refractivity contribution in [2.75, 3.05) is 54.6 Å². The van der Waals surface area contributed by atoms with Gasteiger partial charge in [-0.2, -0.15) is 0 Å². The van der Waals surface area contributed by atoms with Crippen LogP contribution in [0.25, 0.3) is 10.9 Å². The number of nitrogens with one attached hydrogen (secondary N) is 1. The fourth-order valence-corrected chi connectivity index (χ4v) is 14.1. The molecule has 9 rings (SSSR count). The summed E-state index contributed by atoms with van der Waals surface area (Å²) < 4.78 is 55.0. The maximum atomic E-state index is 15.5. The number of carbonyl (C=O) groups excluding carboxylic acids is 3. The Bertz CT molecular complexity index is 2280. The van der Waals surface area contributed by atoms with Crippen molar-refractivity contribution >= 4 is 28.8 Å². The van der Waals surface area contributed by atoms with E-state index in [-0.39, 0.29) is 37.3 Å². The highest BCUT2D eigenvalue weighted by Crippen LogP contribution is 2.70. The highest BCUT2D eigenvalue weighted by atomic mass is 19.3. The molecule has 62 heavy (non-hydrogen) atoms. The molecule has 2 aromatic rings. The first-order chi connectivity index (χ1) is 29.4. The van der Waals surface area contributed by atoms with E-state index in [1.54, 1.807) is 7.11 Å². The minimum Gasteiger partial charge on any atom is -0.468 e. The average Bonchev–Trinajstić information content (AvgIpc) is 3.89. The van der Waals surface area contributed by atoms with Crippen molar-refractivity contribution in [1.82, 2.24) is 19.7 Å². The highest BCUT2D eigenvalue weighted by molar-refractivity contribution is 5.92. The number of nitrogens with zero attached hydrogens (tertiary/aromatic N) is 3. The van der Waals surface area contributed by atoms with Crippen molar-refractivity contribution in [3.63, 3.8) is 0 Å². The molecule has 5 aliphatic heterocycles. The molecule has 6 heterocycles. The van der Waals surface area contributed by atoms with Crippen LogP contribution in [0.5, 0.6) is 0 Å². The van der Waals surface area contributed by atoms with Crippen molar-refractivity contribution < 1.29 is 47.2 Å². The standard InChI is InChI=1S/C48H62F2N4O8/c1-10-45-14-11-16-54-17-15-46(39(45)54)33-20-34(37(59-7)21-36(33)52(6)40(46)48(58,43(57)61-9)41(45)62-27(4)55)47(42(56)60-8)22-28-18-30(44(5,49)50)24-53(23-28)25-32-31-19-29(26(2)3)12-13-35(31)51-38(32)47/h11-14,19-21,26,28,30,34,37,39-41,51,58H,10,15-18,22-25H2,1-9H3/t28-,30?,34?,37?,39+,40-,41-,45-,46-,47+,48+/m1/s1. The number of hydrogen-bond acceptors (Lipinski definition) is 11. The van der Waals surface area contributed by atoms with Gasteiger partial charge in [-0.1, -0.05) is 45.1 Å². The van der Waals surface area contributed by atoms with Gasteiger partial charge in [-0.3, -0.25) is 19.4 Å². The Morgan fingerprint density at radius 2 is 1.81 bits per heavy atom. The number of benzene rings is 1. The number of esters is 3. The van der Waals surface area contributed by atoms with Gasteiger partial charge in [0.15, 0.2) is 6.10 Å². The number of fused-ring (bicyclic) bond motifs is 6. The molecule has 0 amide bonds. The zero-order valence-corrected chi connectivity index (χ0v) is 37.4. The predicted molar refractivity (Wildman–Crippen MR) is 227 cm³/mol. The molecule has 1 saturated carbocycles. The first kappa shape index (κ1) is 43.2. The van der Waals surface area contributed by atoms with E-state index >= 15 is 13.6 Å². The number of likely N-dealkylation sites (tertiary alicyclic amines) is 1. The minimum atomic E-state index is -2.93. The number of aromatic nitrogens is 1. The number of piperidine rings is 1. The molecule has 12 atom stereocenters. The lowest BCUT2D eigenvalue weighted by atomic mass is 9.47. The maximum Gasteiger partial charge on any atom is 0.344 e. The lowest BCUT2D eigenvalue weighted by molar-refractivity contribution is -0.243. The van der Waals surface area contributed by atoms with Crippen molar-refractivity contribution in [1.29, 1.82) is 0 Å². The van der Waals surface area contributed by atoms with E-state index in [4.69, 9.17) is 18.9 Å². The first-order valence-electron chi connectivity index (χ1n) is 22.3.